The fraction of sp³-hybridized carbons (Fsp3) is 0.0500. The maximum Gasteiger partial charge on any atom is 0.273 e. The van der Waals surface area contributed by atoms with Gasteiger partial charge < -0.3 is 4.74 Å². The Balaban J connectivity index is 2.17. The Bertz CT molecular complexity index is 1150. The lowest BCUT2D eigenvalue weighted by Gasteiger charge is -2.23. The zero-order valence-corrected chi connectivity index (χ0v) is 18.1. The van der Waals surface area contributed by atoms with Gasteiger partial charge >= 0.3 is 0 Å². The molecule has 0 saturated heterocycles. The predicted molar refractivity (Wildman–Crippen MR) is 115 cm³/mol. The van der Waals surface area contributed by atoms with Gasteiger partial charge in [-0.1, -0.05) is 34.8 Å². The van der Waals surface area contributed by atoms with E-state index in [0.717, 1.165) is 0 Å². The molecule has 0 aliphatic rings. The molecule has 3 aromatic rings. The van der Waals surface area contributed by atoms with Crippen LogP contribution in [0.1, 0.15) is 10.4 Å². The van der Waals surface area contributed by atoms with Gasteiger partial charge in [0.1, 0.15) is 5.75 Å². The molecule has 0 aromatic heterocycles. The first-order valence-electron chi connectivity index (χ1n) is 8.18. The molecule has 9 heteroatoms. The first kappa shape index (κ1) is 21.5. The summed E-state index contributed by atoms with van der Waals surface area (Å²) in [5.41, 5.74) is 0.112. The minimum Gasteiger partial charge on any atom is -0.497 e. The van der Waals surface area contributed by atoms with Crippen molar-refractivity contribution in [1.29, 1.82) is 0 Å². The topological polar surface area (TPSA) is 63.7 Å². The molecule has 0 radical (unpaired) electrons. The lowest BCUT2D eigenvalue weighted by molar-refractivity contribution is 0.101. The second-order valence-electron chi connectivity index (χ2n) is 5.85. The third-order valence-electron chi connectivity index (χ3n) is 4.00. The van der Waals surface area contributed by atoms with Crippen molar-refractivity contribution >= 4 is 56.4 Å². The molecule has 3 aromatic carbocycles. The highest BCUT2D eigenvalue weighted by Crippen LogP contribution is 2.31. The lowest BCUT2D eigenvalue weighted by Crippen LogP contribution is -2.37. The van der Waals surface area contributed by atoms with Crippen LogP contribution in [0, 0.1) is 0 Å². The third kappa shape index (κ3) is 4.51. The Morgan fingerprint density at radius 2 is 1.45 bits per heavy atom. The molecule has 0 spiro atoms. The van der Waals surface area contributed by atoms with Crippen LogP contribution in [0.3, 0.4) is 0 Å². The monoisotopic (exact) mass is 469 g/mol. The number of nitrogens with zero attached hydrogens (tertiary/aromatic N) is 1. The molecule has 0 bridgehead atoms. The zero-order chi connectivity index (χ0) is 21.2. The summed E-state index contributed by atoms with van der Waals surface area (Å²) >= 11 is 17.9. The highest BCUT2D eigenvalue weighted by Gasteiger charge is 2.33. The van der Waals surface area contributed by atoms with Gasteiger partial charge in [0.2, 0.25) is 0 Å². The minimum absolute atomic E-state index is 0.00979. The number of hydrogen-bond acceptors (Lipinski definition) is 4. The summed E-state index contributed by atoms with van der Waals surface area (Å²) in [5, 5.41) is 0.724. The van der Waals surface area contributed by atoms with Crippen molar-refractivity contribution in [1.82, 2.24) is 0 Å². The average Bonchev–Trinajstić information content (AvgIpc) is 2.68. The number of benzene rings is 3. The summed E-state index contributed by atoms with van der Waals surface area (Å²) in [5.74, 6) is -0.318. The van der Waals surface area contributed by atoms with Crippen molar-refractivity contribution in [3.8, 4) is 5.75 Å². The van der Waals surface area contributed by atoms with Crippen LogP contribution < -0.4 is 9.04 Å². The lowest BCUT2D eigenvalue weighted by atomic mass is 10.2. The number of hydrogen-bond donors (Lipinski definition) is 0. The first-order valence-corrected chi connectivity index (χ1v) is 10.8. The van der Waals surface area contributed by atoms with Gasteiger partial charge in [-0.05, 0) is 66.7 Å². The number of ether oxygens (including phenoxy) is 1. The summed E-state index contributed by atoms with van der Waals surface area (Å²) in [6.45, 7) is 0. The Labute approximate surface area is 183 Å². The van der Waals surface area contributed by atoms with Crippen LogP contribution >= 0.6 is 34.8 Å². The van der Waals surface area contributed by atoms with Gasteiger partial charge in [0, 0.05) is 10.0 Å². The van der Waals surface area contributed by atoms with E-state index in [0.29, 0.717) is 20.1 Å². The number of carbonyl (C=O) groups is 1. The molecule has 3 rings (SSSR count). The second kappa shape index (κ2) is 8.63. The van der Waals surface area contributed by atoms with Gasteiger partial charge in [-0.25, -0.2) is 8.42 Å². The quantitative estimate of drug-likeness (QED) is 0.480. The van der Waals surface area contributed by atoms with Gasteiger partial charge in [-0.15, -0.1) is 0 Å². The largest absolute Gasteiger partial charge is 0.497 e. The van der Waals surface area contributed by atoms with Gasteiger partial charge in [-0.2, -0.15) is 4.31 Å². The fourth-order valence-electron chi connectivity index (χ4n) is 2.57. The standard InChI is InChI=1S/C20H14Cl3NO4S/c1-28-16-7-5-15(6-8-16)24(20(25)18-11-4-14(22)12-19(18)23)29(26,27)17-9-2-13(21)3-10-17/h2-12H,1H3. The number of carbonyl (C=O) groups excluding carboxylic acids is 1. The molecular formula is C20H14Cl3NO4S. The molecule has 0 atom stereocenters. The van der Waals surface area contributed by atoms with Gasteiger partial charge in [0.05, 0.1) is 28.3 Å². The summed E-state index contributed by atoms with van der Waals surface area (Å²) in [7, 11) is -2.79. The number of sulfonamides is 1. The van der Waals surface area contributed by atoms with Crippen molar-refractivity contribution in [3.05, 3.63) is 87.4 Å². The highest BCUT2D eigenvalue weighted by atomic mass is 35.5. The molecule has 0 aliphatic carbocycles. The molecule has 0 fully saturated rings. The molecule has 1 amide bonds. The molecular weight excluding hydrogens is 457 g/mol. The molecule has 150 valence electrons. The van der Waals surface area contributed by atoms with Crippen LogP contribution in [0.4, 0.5) is 5.69 Å². The molecule has 29 heavy (non-hydrogen) atoms. The first-order chi connectivity index (χ1) is 13.7. The van der Waals surface area contributed by atoms with Crippen molar-refractivity contribution in [2.24, 2.45) is 0 Å². The van der Waals surface area contributed by atoms with E-state index in [4.69, 9.17) is 39.5 Å². The van der Waals surface area contributed by atoms with Crippen molar-refractivity contribution < 1.29 is 17.9 Å². The third-order valence-corrected chi connectivity index (χ3v) is 6.53. The Kier molecular flexibility index (Phi) is 6.39. The van der Waals surface area contributed by atoms with E-state index < -0.39 is 15.9 Å². The molecule has 0 heterocycles. The molecule has 0 N–H and O–H groups in total. The van der Waals surface area contributed by atoms with E-state index in [1.807, 2.05) is 0 Å². The number of amides is 1. The maximum atomic E-state index is 13.4. The highest BCUT2D eigenvalue weighted by molar-refractivity contribution is 7.93. The normalized spacial score (nSPS) is 11.2. The Morgan fingerprint density at radius 1 is 0.862 bits per heavy atom. The molecule has 0 unspecified atom stereocenters. The summed E-state index contributed by atoms with van der Waals surface area (Å²) < 4.78 is 32.5. The van der Waals surface area contributed by atoms with Crippen LogP contribution in [-0.2, 0) is 10.0 Å². The Morgan fingerprint density at radius 3 is 2.00 bits per heavy atom. The van der Waals surface area contributed by atoms with Crippen molar-refractivity contribution in [2.45, 2.75) is 4.90 Å². The summed E-state index contributed by atoms with van der Waals surface area (Å²) in [6, 6.07) is 15.8. The minimum atomic E-state index is -4.27. The van der Waals surface area contributed by atoms with E-state index in [1.165, 1.54) is 61.7 Å². The van der Waals surface area contributed by atoms with Gasteiger partial charge in [-0.3, -0.25) is 4.79 Å². The number of halogens is 3. The van der Waals surface area contributed by atoms with Crippen LogP contribution in [0.15, 0.2) is 71.6 Å². The maximum absolute atomic E-state index is 13.4. The SMILES string of the molecule is COc1ccc(N(C(=O)c2ccc(Cl)cc2Cl)S(=O)(=O)c2ccc(Cl)cc2)cc1. The van der Waals surface area contributed by atoms with E-state index in [9.17, 15) is 13.2 Å². The van der Waals surface area contributed by atoms with Crippen LogP contribution in [-0.4, -0.2) is 21.4 Å². The number of rotatable bonds is 5. The number of methoxy groups -OCH3 is 1. The van der Waals surface area contributed by atoms with Gasteiger partial charge in [0.15, 0.2) is 0 Å². The van der Waals surface area contributed by atoms with Gasteiger partial charge in [0.25, 0.3) is 15.9 Å². The van der Waals surface area contributed by atoms with E-state index in [1.54, 1.807) is 12.1 Å². The summed E-state index contributed by atoms with van der Waals surface area (Å²) in [6.07, 6.45) is 0. The van der Waals surface area contributed by atoms with Crippen molar-refractivity contribution in [3.63, 3.8) is 0 Å². The van der Waals surface area contributed by atoms with Crippen LogP contribution in [0.25, 0.3) is 0 Å². The molecule has 0 aliphatic heterocycles. The van der Waals surface area contributed by atoms with Crippen molar-refractivity contribution in [2.75, 3.05) is 11.4 Å². The molecule has 0 saturated carbocycles. The predicted octanol–water partition coefficient (Wildman–Crippen LogP) is 5.69. The van der Waals surface area contributed by atoms with E-state index >= 15 is 0 Å². The second-order valence-corrected chi connectivity index (χ2v) is 8.92. The van der Waals surface area contributed by atoms with E-state index in [-0.39, 0.29) is 21.2 Å². The number of anilines is 1. The van der Waals surface area contributed by atoms with E-state index in [2.05, 4.69) is 0 Å². The average molecular weight is 471 g/mol. The smallest absolute Gasteiger partial charge is 0.273 e. The fourth-order valence-corrected chi connectivity index (χ4v) is 4.59. The molecule has 5 nitrogen and oxygen atoms in total. The zero-order valence-electron chi connectivity index (χ0n) is 15.0. The Hall–Kier alpha value is -2.25. The summed E-state index contributed by atoms with van der Waals surface area (Å²) in [4.78, 5) is 13.2. The van der Waals surface area contributed by atoms with Crippen LogP contribution in [0.2, 0.25) is 15.1 Å². The van der Waals surface area contributed by atoms with Crippen LogP contribution in [0.5, 0.6) is 5.75 Å².